The fraction of sp³-hybridized carbons (Fsp3) is 0.571. The Balaban J connectivity index is 2.36. The predicted molar refractivity (Wildman–Crippen MR) is 69.9 cm³/mol. The van der Waals surface area contributed by atoms with Crippen LogP contribution in [0.25, 0.3) is 0 Å². The molecule has 0 aromatic heterocycles. The van der Waals surface area contributed by atoms with Gasteiger partial charge in [-0.05, 0) is 36.7 Å². The summed E-state index contributed by atoms with van der Waals surface area (Å²) in [5.74, 6) is -0.194. The molecule has 1 fully saturated rings. The van der Waals surface area contributed by atoms with E-state index in [1.165, 1.54) is 6.07 Å². The van der Waals surface area contributed by atoms with Gasteiger partial charge in [0.25, 0.3) is 0 Å². The van der Waals surface area contributed by atoms with Gasteiger partial charge in [0.2, 0.25) is 0 Å². The first kappa shape index (κ1) is 13.5. The lowest BCUT2D eigenvalue weighted by Crippen LogP contribution is -2.48. The van der Waals surface area contributed by atoms with Crippen molar-refractivity contribution >= 4 is 0 Å². The minimum atomic E-state index is -0.194. The molecule has 1 aliphatic heterocycles. The van der Waals surface area contributed by atoms with Gasteiger partial charge in [0, 0.05) is 13.1 Å². The fourth-order valence-corrected chi connectivity index (χ4v) is 2.71. The second kappa shape index (κ2) is 5.78. The van der Waals surface area contributed by atoms with Crippen molar-refractivity contribution in [2.24, 2.45) is 5.73 Å². The standard InChI is InChI=1S/C14H21FN2O/c1-3-17-6-7-18-13(9-16)14(17)12-5-4-11(15)8-10(12)2/h4-5,8,13-14H,3,6-7,9,16H2,1-2H3. The summed E-state index contributed by atoms with van der Waals surface area (Å²) in [6.45, 7) is 7.11. The van der Waals surface area contributed by atoms with Crippen molar-refractivity contribution in [1.29, 1.82) is 0 Å². The van der Waals surface area contributed by atoms with Crippen LogP contribution in [0.3, 0.4) is 0 Å². The summed E-state index contributed by atoms with van der Waals surface area (Å²) < 4.78 is 19.0. The zero-order chi connectivity index (χ0) is 13.1. The number of benzene rings is 1. The van der Waals surface area contributed by atoms with E-state index in [0.717, 1.165) is 24.2 Å². The van der Waals surface area contributed by atoms with E-state index in [0.29, 0.717) is 13.2 Å². The number of likely N-dealkylation sites (N-methyl/N-ethyl adjacent to an activating group) is 1. The van der Waals surface area contributed by atoms with Gasteiger partial charge in [-0.25, -0.2) is 4.39 Å². The zero-order valence-electron chi connectivity index (χ0n) is 11.0. The molecule has 3 nitrogen and oxygen atoms in total. The van der Waals surface area contributed by atoms with Gasteiger partial charge in [0.15, 0.2) is 0 Å². The third-order valence-electron chi connectivity index (χ3n) is 3.64. The third kappa shape index (κ3) is 2.55. The Bertz CT molecular complexity index is 399. The van der Waals surface area contributed by atoms with Gasteiger partial charge in [-0.15, -0.1) is 0 Å². The van der Waals surface area contributed by atoms with Crippen LogP contribution in [0.1, 0.15) is 24.1 Å². The van der Waals surface area contributed by atoms with Crippen molar-refractivity contribution in [3.63, 3.8) is 0 Å². The van der Waals surface area contributed by atoms with Gasteiger partial charge in [-0.2, -0.15) is 0 Å². The number of nitrogens with two attached hydrogens (primary N) is 1. The summed E-state index contributed by atoms with van der Waals surface area (Å²) in [5.41, 5.74) is 7.88. The lowest BCUT2D eigenvalue weighted by molar-refractivity contribution is -0.0660. The molecular weight excluding hydrogens is 231 g/mol. The van der Waals surface area contributed by atoms with Gasteiger partial charge >= 0.3 is 0 Å². The van der Waals surface area contributed by atoms with Crippen molar-refractivity contribution in [2.45, 2.75) is 26.0 Å². The van der Waals surface area contributed by atoms with Crippen LogP contribution in [0.5, 0.6) is 0 Å². The average Bonchev–Trinajstić information content (AvgIpc) is 2.38. The molecule has 0 bridgehead atoms. The molecule has 1 aliphatic rings. The smallest absolute Gasteiger partial charge is 0.123 e. The summed E-state index contributed by atoms with van der Waals surface area (Å²) in [5, 5.41) is 0. The Morgan fingerprint density at radius 2 is 2.28 bits per heavy atom. The van der Waals surface area contributed by atoms with E-state index < -0.39 is 0 Å². The lowest BCUT2D eigenvalue weighted by atomic mass is 9.94. The maximum atomic E-state index is 13.2. The second-order valence-electron chi connectivity index (χ2n) is 4.72. The van der Waals surface area contributed by atoms with E-state index in [1.807, 2.05) is 13.0 Å². The molecule has 4 heteroatoms. The van der Waals surface area contributed by atoms with Crippen molar-refractivity contribution in [3.05, 3.63) is 35.1 Å². The Morgan fingerprint density at radius 3 is 2.89 bits per heavy atom. The van der Waals surface area contributed by atoms with Gasteiger partial charge in [0.1, 0.15) is 5.82 Å². The highest BCUT2D eigenvalue weighted by atomic mass is 19.1. The van der Waals surface area contributed by atoms with E-state index in [9.17, 15) is 4.39 Å². The van der Waals surface area contributed by atoms with E-state index >= 15 is 0 Å². The Morgan fingerprint density at radius 1 is 1.50 bits per heavy atom. The minimum Gasteiger partial charge on any atom is -0.374 e. The zero-order valence-corrected chi connectivity index (χ0v) is 11.0. The summed E-state index contributed by atoms with van der Waals surface area (Å²) in [6, 6.07) is 5.08. The molecule has 0 amide bonds. The molecule has 1 saturated heterocycles. The van der Waals surface area contributed by atoms with Crippen molar-refractivity contribution in [1.82, 2.24) is 4.90 Å². The van der Waals surface area contributed by atoms with Crippen molar-refractivity contribution in [2.75, 3.05) is 26.2 Å². The van der Waals surface area contributed by atoms with Crippen LogP contribution in [0.15, 0.2) is 18.2 Å². The van der Waals surface area contributed by atoms with Gasteiger partial charge in [0.05, 0.1) is 18.8 Å². The molecular formula is C14H21FN2O. The fourth-order valence-electron chi connectivity index (χ4n) is 2.71. The van der Waals surface area contributed by atoms with Crippen LogP contribution >= 0.6 is 0 Å². The predicted octanol–water partition coefficient (Wildman–Crippen LogP) is 1.85. The topological polar surface area (TPSA) is 38.5 Å². The molecule has 1 heterocycles. The first-order valence-electron chi connectivity index (χ1n) is 6.49. The van der Waals surface area contributed by atoms with E-state index in [4.69, 9.17) is 10.5 Å². The number of hydrogen-bond acceptors (Lipinski definition) is 3. The van der Waals surface area contributed by atoms with E-state index in [1.54, 1.807) is 6.07 Å². The number of nitrogens with zero attached hydrogens (tertiary/aromatic N) is 1. The second-order valence-corrected chi connectivity index (χ2v) is 4.72. The van der Waals surface area contributed by atoms with Crippen LogP contribution in [0.4, 0.5) is 4.39 Å². The summed E-state index contributed by atoms with van der Waals surface area (Å²) in [6.07, 6.45) is -0.0112. The molecule has 2 unspecified atom stereocenters. The Hall–Kier alpha value is -0.970. The normalized spacial score (nSPS) is 25.3. The number of halogens is 1. The van der Waals surface area contributed by atoms with Crippen LogP contribution in [-0.2, 0) is 4.74 Å². The number of rotatable bonds is 3. The van der Waals surface area contributed by atoms with Crippen LogP contribution in [0.2, 0.25) is 0 Å². The highest BCUT2D eigenvalue weighted by Gasteiger charge is 2.32. The van der Waals surface area contributed by atoms with Gasteiger partial charge in [-0.3, -0.25) is 4.90 Å². The van der Waals surface area contributed by atoms with E-state index in [-0.39, 0.29) is 18.0 Å². The Kier molecular flexibility index (Phi) is 4.32. The number of morpholine rings is 1. The molecule has 0 spiro atoms. The molecule has 18 heavy (non-hydrogen) atoms. The molecule has 0 aliphatic carbocycles. The first-order valence-corrected chi connectivity index (χ1v) is 6.49. The lowest BCUT2D eigenvalue weighted by Gasteiger charge is -2.41. The molecule has 2 atom stereocenters. The maximum Gasteiger partial charge on any atom is 0.123 e. The monoisotopic (exact) mass is 252 g/mol. The molecule has 2 rings (SSSR count). The van der Waals surface area contributed by atoms with Gasteiger partial charge in [-0.1, -0.05) is 13.0 Å². The highest BCUT2D eigenvalue weighted by Crippen LogP contribution is 2.31. The molecule has 100 valence electrons. The van der Waals surface area contributed by atoms with Crippen molar-refractivity contribution < 1.29 is 9.13 Å². The van der Waals surface area contributed by atoms with E-state index in [2.05, 4.69) is 11.8 Å². The summed E-state index contributed by atoms with van der Waals surface area (Å²) >= 11 is 0. The van der Waals surface area contributed by atoms with Crippen LogP contribution in [-0.4, -0.2) is 37.2 Å². The molecule has 1 aromatic carbocycles. The maximum absolute atomic E-state index is 13.2. The summed E-state index contributed by atoms with van der Waals surface area (Å²) in [4.78, 5) is 2.35. The number of hydrogen-bond donors (Lipinski definition) is 1. The molecule has 0 saturated carbocycles. The Labute approximate surface area is 108 Å². The number of aryl methyl sites for hydroxylation is 1. The highest BCUT2D eigenvalue weighted by molar-refractivity contribution is 5.31. The van der Waals surface area contributed by atoms with Crippen LogP contribution in [0, 0.1) is 12.7 Å². The molecule has 1 aromatic rings. The minimum absolute atomic E-state index is 0.0112. The van der Waals surface area contributed by atoms with Crippen molar-refractivity contribution in [3.8, 4) is 0 Å². The van der Waals surface area contributed by atoms with Gasteiger partial charge < -0.3 is 10.5 Å². The SMILES string of the molecule is CCN1CCOC(CN)C1c1ccc(F)cc1C. The molecule has 0 radical (unpaired) electrons. The third-order valence-corrected chi connectivity index (χ3v) is 3.64. The first-order chi connectivity index (χ1) is 8.67. The molecule has 2 N–H and O–H groups in total. The van der Waals surface area contributed by atoms with Crippen LogP contribution < -0.4 is 5.73 Å². The summed E-state index contributed by atoms with van der Waals surface area (Å²) in [7, 11) is 0. The quantitative estimate of drug-likeness (QED) is 0.892. The average molecular weight is 252 g/mol. The number of ether oxygens (including phenoxy) is 1. The largest absolute Gasteiger partial charge is 0.374 e.